The third kappa shape index (κ3) is 5.19. The van der Waals surface area contributed by atoms with Crippen molar-refractivity contribution < 1.29 is 19.0 Å². The van der Waals surface area contributed by atoms with Gasteiger partial charge in [-0.3, -0.25) is 9.69 Å². The molecule has 0 fully saturated rings. The summed E-state index contributed by atoms with van der Waals surface area (Å²) in [7, 11) is 1.58. The fourth-order valence-electron chi connectivity index (χ4n) is 4.05. The Morgan fingerprint density at radius 2 is 1.94 bits per heavy atom. The van der Waals surface area contributed by atoms with Crippen LogP contribution in [0.15, 0.2) is 47.6 Å². The summed E-state index contributed by atoms with van der Waals surface area (Å²) in [5, 5.41) is 9.37. The number of aromatic nitrogens is 3. The number of amides is 1. The Labute approximate surface area is 210 Å². The molecule has 184 valence electrons. The van der Waals surface area contributed by atoms with Crippen molar-refractivity contribution in [2.24, 2.45) is 0 Å². The monoisotopic (exact) mass is 494 g/mol. The van der Waals surface area contributed by atoms with Crippen molar-refractivity contribution in [3.8, 4) is 28.6 Å². The number of nitrogens with zero attached hydrogens (tertiary/aromatic N) is 4. The van der Waals surface area contributed by atoms with Crippen LogP contribution in [0.3, 0.4) is 0 Å². The lowest BCUT2D eigenvalue weighted by molar-refractivity contribution is -0.118. The zero-order chi connectivity index (χ0) is 24.8. The Kier molecular flexibility index (Phi) is 8.07. The topological polar surface area (TPSA) is 86.7 Å². The lowest BCUT2D eigenvalue weighted by Gasteiger charge is -2.31. The minimum Gasteiger partial charge on any atom is -0.492 e. The van der Waals surface area contributed by atoms with Crippen LogP contribution in [0.1, 0.15) is 51.8 Å². The van der Waals surface area contributed by atoms with Crippen LogP contribution in [0.25, 0.3) is 11.3 Å². The zero-order valence-electron chi connectivity index (χ0n) is 20.5. The van der Waals surface area contributed by atoms with E-state index in [0.717, 1.165) is 30.6 Å². The minimum atomic E-state index is -0.847. The number of hydrogen-bond donors (Lipinski definition) is 0. The molecule has 0 radical (unpaired) electrons. The fourth-order valence-corrected chi connectivity index (χ4v) is 4.82. The normalized spacial score (nSPS) is 14.4. The average molecular weight is 495 g/mol. The van der Waals surface area contributed by atoms with Crippen LogP contribution in [0.4, 0.5) is 5.69 Å². The molecule has 0 spiro atoms. The Bertz CT molecular complexity index is 1190. The van der Waals surface area contributed by atoms with Gasteiger partial charge in [0.25, 0.3) is 0 Å². The van der Waals surface area contributed by atoms with Crippen LogP contribution in [-0.4, -0.2) is 40.6 Å². The quantitative estimate of drug-likeness (QED) is 0.278. The predicted octanol–water partition coefficient (Wildman–Crippen LogP) is 5.67. The van der Waals surface area contributed by atoms with E-state index in [1.807, 2.05) is 49.4 Å². The Hall–Kier alpha value is -3.33. The van der Waals surface area contributed by atoms with Crippen molar-refractivity contribution >= 4 is 23.4 Å². The van der Waals surface area contributed by atoms with Gasteiger partial charge in [-0.15, -0.1) is 10.2 Å². The SMILES string of the molecule is CCCCCSc1nnc2c(n1)O[C@@H](c1cccc(OCC)c1OC)N(C(C)=O)c1ccccc1-2. The molecular formula is C26H30N4O4S. The number of thioether (sulfide) groups is 1. The predicted molar refractivity (Wildman–Crippen MR) is 136 cm³/mol. The number of anilines is 1. The Balaban J connectivity index is 1.85. The van der Waals surface area contributed by atoms with E-state index in [1.165, 1.54) is 6.92 Å². The third-order valence-corrected chi connectivity index (χ3v) is 6.53. The van der Waals surface area contributed by atoms with Crippen molar-refractivity contribution in [2.45, 2.75) is 51.4 Å². The fraction of sp³-hybridized carbons (Fsp3) is 0.385. The van der Waals surface area contributed by atoms with E-state index in [2.05, 4.69) is 17.1 Å². The van der Waals surface area contributed by atoms with Gasteiger partial charge in [0.1, 0.15) is 0 Å². The summed E-state index contributed by atoms with van der Waals surface area (Å²) in [6, 6.07) is 13.1. The number of fused-ring (bicyclic) bond motifs is 3. The molecule has 2 heterocycles. The van der Waals surface area contributed by atoms with Crippen LogP contribution in [0.2, 0.25) is 0 Å². The van der Waals surface area contributed by atoms with E-state index in [1.54, 1.807) is 23.8 Å². The van der Waals surface area contributed by atoms with Crippen molar-refractivity contribution in [2.75, 3.05) is 24.4 Å². The molecule has 0 bridgehead atoms. The number of unbranched alkanes of at least 4 members (excludes halogenated alkanes) is 2. The van der Waals surface area contributed by atoms with Gasteiger partial charge in [-0.2, -0.15) is 4.98 Å². The molecule has 9 heteroatoms. The summed E-state index contributed by atoms with van der Waals surface area (Å²) in [5.74, 6) is 2.11. The van der Waals surface area contributed by atoms with E-state index in [0.29, 0.717) is 46.1 Å². The summed E-state index contributed by atoms with van der Waals surface area (Å²) in [5.41, 5.74) is 2.52. The molecule has 1 aliphatic rings. The first kappa shape index (κ1) is 24.8. The number of para-hydroxylation sites is 2. The van der Waals surface area contributed by atoms with Crippen LogP contribution in [0.5, 0.6) is 17.4 Å². The van der Waals surface area contributed by atoms with Crippen molar-refractivity contribution in [3.05, 3.63) is 48.0 Å². The number of benzene rings is 2. The van der Waals surface area contributed by atoms with Gasteiger partial charge >= 0.3 is 0 Å². The number of carbonyl (C=O) groups is 1. The largest absolute Gasteiger partial charge is 0.492 e. The minimum absolute atomic E-state index is 0.193. The molecule has 1 amide bonds. The maximum Gasteiger partial charge on any atom is 0.247 e. The molecule has 35 heavy (non-hydrogen) atoms. The van der Waals surface area contributed by atoms with Gasteiger partial charge in [0.2, 0.25) is 23.2 Å². The number of rotatable bonds is 9. The van der Waals surface area contributed by atoms with Crippen LogP contribution < -0.4 is 19.1 Å². The second-order valence-electron chi connectivity index (χ2n) is 7.99. The van der Waals surface area contributed by atoms with E-state index >= 15 is 0 Å². The lowest BCUT2D eigenvalue weighted by Crippen LogP contribution is -2.36. The molecule has 0 N–H and O–H groups in total. The third-order valence-electron chi connectivity index (χ3n) is 5.61. The molecule has 0 unspecified atom stereocenters. The Morgan fingerprint density at radius 1 is 1.11 bits per heavy atom. The summed E-state index contributed by atoms with van der Waals surface area (Å²) in [4.78, 5) is 19.4. The highest BCUT2D eigenvalue weighted by Gasteiger charge is 2.36. The molecule has 1 aromatic heterocycles. The first-order valence-electron chi connectivity index (χ1n) is 11.8. The van der Waals surface area contributed by atoms with Gasteiger partial charge in [0, 0.05) is 18.2 Å². The van der Waals surface area contributed by atoms with Crippen molar-refractivity contribution in [1.82, 2.24) is 15.2 Å². The van der Waals surface area contributed by atoms with E-state index in [9.17, 15) is 4.79 Å². The summed E-state index contributed by atoms with van der Waals surface area (Å²) in [6.07, 6.45) is 2.53. The molecule has 8 nitrogen and oxygen atoms in total. The molecule has 0 saturated heterocycles. The molecule has 0 aliphatic carbocycles. The number of carbonyl (C=O) groups excluding carboxylic acids is 1. The molecule has 1 aliphatic heterocycles. The summed E-state index contributed by atoms with van der Waals surface area (Å²) < 4.78 is 18.0. The molecule has 1 atom stereocenters. The van der Waals surface area contributed by atoms with Gasteiger partial charge < -0.3 is 14.2 Å². The van der Waals surface area contributed by atoms with Gasteiger partial charge in [-0.05, 0) is 31.5 Å². The van der Waals surface area contributed by atoms with Crippen LogP contribution >= 0.6 is 11.8 Å². The Morgan fingerprint density at radius 3 is 2.69 bits per heavy atom. The number of hydrogen-bond acceptors (Lipinski definition) is 8. The molecule has 2 aromatic carbocycles. The van der Waals surface area contributed by atoms with Gasteiger partial charge in [-0.25, -0.2) is 0 Å². The smallest absolute Gasteiger partial charge is 0.247 e. The molecule has 0 saturated carbocycles. The highest BCUT2D eigenvalue weighted by Crippen LogP contribution is 2.46. The first-order chi connectivity index (χ1) is 17.1. The van der Waals surface area contributed by atoms with Gasteiger partial charge in [-0.1, -0.05) is 55.8 Å². The maximum absolute atomic E-state index is 13.0. The first-order valence-corrected chi connectivity index (χ1v) is 12.8. The van der Waals surface area contributed by atoms with E-state index in [4.69, 9.17) is 19.2 Å². The van der Waals surface area contributed by atoms with Crippen LogP contribution in [-0.2, 0) is 4.79 Å². The van der Waals surface area contributed by atoms with Gasteiger partial charge in [0.15, 0.2) is 17.2 Å². The van der Waals surface area contributed by atoms with Crippen molar-refractivity contribution in [1.29, 1.82) is 0 Å². The molecule has 4 rings (SSSR count). The second kappa shape index (κ2) is 11.4. The standard InChI is InChI=1S/C26H30N4O4S/c1-5-7-10-16-35-26-27-24-22(28-29-26)18-12-8-9-14-20(18)30(17(3)31)25(34-24)19-13-11-15-21(33-6-2)23(19)32-4/h8-9,11-15,25H,5-7,10,16H2,1-4H3/t25-/m0/s1. The highest BCUT2D eigenvalue weighted by atomic mass is 32.2. The summed E-state index contributed by atoms with van der Waals surface area (Å²) >= 11 is 1.55. The second-order valence-corrected chi connectivity index (χ2v) is 9.05. The van der Waals surface area contributed by atoms with Gasteiger partial charge in [0.05, 0.1) is 25.0 Å². The molecule has 3 aromatic rings. The van der Waals surface area contributed by atoms with Crippen molar-refractivity contribution in [3.63, 3.8) is 0 Å². The summed E-state index contributed by atoms with van der Waals surface area (Å²) in [6.45, 7) is 6.07. The lowest BCUT2D eigenvalue weighted by atomic mass is 10.1. The zero-order valence-corrected chi connectivity index (χ0v) is 21.3. The molecular weight excluding hydrogens is 464 g/mol. The number of methoxy groups -OCH3 is 1. The maximum atomic E-state index is 13.0. The van der Waals surface area contributed by atoms with E-state index < -0.39 is 6.23 Å². The average Bonchev–Trinajstić information content (AvgIpc) is 3.01. The highest BCUT2D eigenvalue weighted by molar-refractivity contribution is 7.99. The number of ether oxygens (including phenoxy) is 3. The van der Waals surface area contributed by atoms with E-state index in [-0.39, 0.29) is 5.91 Å². The van der Waals surface area contributed by atoms with Crippen LogP contribution in [0, 0.1) is 0 Å².